The lowest BCUT2D eigenvalue weighted by molar-refractivity contribution is -0.117. The topological polar surface area (TPSA) is 52.6 Å². The van der Waals surface area contributed by atoms with Crippen LogP contribution in [0.2, 0.25) is 0 Å². The molecule has 0 spiro atoms. The first-order valence-electron chi connectivity index (χ1n) is 8.23. The van der Waals surface area contributed by atoms with E-state index in [2.05, 4.69) is 22.3 Å². The van der Waals surface area contributed by atoms with E-state index in [-0.39, 0.29) is 18.6 Å². The molecule has 0 aromatic heterocycles. The minimum Gasteiger partial charge on any atom is -0.395 e. The van der Waals surface area contributed by atoms with Crippen molar-refractivity contribution in [3.8, 4) is 0 Å². The van der Waals surface area contributed by atoms with Gasteiger partial charge in [0.15, 0.2) is 0 Å². The molecule has 4 nitrogen and oxygen atoms in total. The number of anilines is 1. The second-order valence-electron chi connectivity index (χ2n) is 5.91. The normalized spacial score (nSPS) is 17.8. The molecule has 0 bridgehead atoms. The van der Waals surface area contributed by atoms with Crippen LogP contribution in [0.1, 0.15) is 12.8 Å². The monoisotopic (exact) mass is 342 g/mol. The summed E-state index contributed by atoms with van der Waals surface area (Å²) in [5.74, 6) is -0.0311. The minimum absolute atomic E-state index is 0.0311. The molecule has 1 aliphatic rings. The fourth-order valence-corrected chi connectivity index (χ4v) is 3.88. The molecule has 2 N–H and O–H groups in total. The van der Waals surface area contributed by atoms with E-state index < -0.39 is 0 Å². The number of aliphatic hydroxyl groups excluding tert-OH is 1. The van der Waals surface area contributed by atoms with Gasteiger partial charge >= 0.3 is 0 Å². The van der Waals surface area contributed by atoms with E-state index in [1.54, 1.807) is 11.8 Å². The van der Waals surface area contributed by atoms with E-state index in [0.29, 0.717) is 6.54 Å². The van der Waals surface area contributed by atoms with Crippen molar-refractivity contribution in [3.63, 3.8) is 0 Å². The van der Waals surface area contributed by atoms with Crippen LogP contribution >= 0.6 is 11.8 Å². The lowest BCUT2D eigenvalue weighted by atomic mass is 10.2. The van der Waals surface area contributed by atoms with E-state index >= 15 is 0 Å². The van der Waals surface area contributed by atoms with Crippen molar-refractivity contribution in [1.82, 2.24) is 4.90 Å². The summed E-state index contributed by atoms with van der Waals surface area (Å²) in [5, 5.41) is 12.4. The molecular formula is C19H22N2O2S. The SMILES string of the molecule is O=C(CN1CCC[C@@H]1CO)Nc1ccccc1Sc1ccccc1. The third-order valence-corrected chi connectivity index (χ3v) is 5.27. The minimum atomic E-state index is -0.0311. The van der Waals surface area contributed by atoms with Crippen LogP contribution in [0.25, 0.3) is 0 Å². The van der Waals surface area contributed by atoms with Gasteiger partial charge in [-0.15, -0.1) is 0 Å². The van der Waals surface area contributed by atoms with Gasteiger partial charge in [0.25, 0.3) is 0 Å². The summed E-state index contributed by atoms with van der Waals surface area (Å²) in [6, 6.07) is 18.1. The van der Waals surface area contributed by atoms with Crippen LogP contribution in [0.15, 0.2) is 64.4 Å². The quantitative estimate of drug-likeness (QED) is 0.846. The van der Waals surface area contributed by atoms with Crippen LogP contribution in [-0.4, -0.2) is 41.7 Å². The van der Waals surface area contributed by atoms with Crippen LogP contribution in [0, 0.1) is 0 Å². The first kappa shape index (κ1) is 17.0. The zero-order valence-electron chi connectivity index (χ0n) is 13.5. The molecule has 3 rings (SSSR count). The molecule has 0 unspecified atom stereocenters. The Hall–Kier alpha value is -1.82. The highest BCUT2D eigenvalue weighted by Crippen LogP contribution is 2.33. The molecule has 2 aromatic carbocycles. The molecule has 24 heavy (non-hydrogen) atoms. The maximum Gasteiger partial charge on any atom is 0.238 e. The lowest BCUT2D eigenvalue weighted by Crippen LogP contribution is -2.38. The van der Waals surface area contributed by atoms with E-state index in [4.69, 9.17) is 0 Å². The van der Waals surface area contributed by atoms with Gasteiger partial charge in [-0.3, -0.25) is 9.69 Å². The third kappa shape index (κ3) is 4.38. The molecule has 2 aromatic rings. The maximum atomic E-state index is 12.4. The van der Waals surface area contributed by atoms with Gasteiger partial charge < -0.3 is 10.4 Å². The van der Waals surface area contributed by atoms with Crippen LogP contribution in [0.3, 0.4) is 0 Å². The van der Waals surface area contributed by atoms with Gasteiger partial charge in [0.05, 0.1) is 18.8 Å². The van der Waals surface area contributed by atoms with Crippen molar-refractivity contribution in [2.75, 3.05) is 25.0 Å². The molecule has 1 atom stereocenters. The summed E-state index contributed by atoms with van der Waals surface area (Å²) in [5.41, 5.74) is 0.830. The summed E-state index contributed by atoms with van der Waals surface area (Å²) >= 11 is 1.64. The largest absolute Gasteiger partial charge is 0.395 e. The Labute approximate surface area is 146 Å². The highest BCUT2D eigenvalue weighted by atomic mass is 32.2. The number of aliphatic hydroxyl groups is 1. The molecular weight excluding hydrogens is 320 g/mol. The number of likely N-dealkylation sites (tertiary alicyclic amines) is 1. The Balaban J connectivity index is 1.65. The highest BCUT2D eigenvalue weighted by Gasteiger charge is 2.25. The molecule has 0 aliphatic carbocycles. The van der Waals surface area contributed by atoms with Crippen molar-refractivity contribution >= 4 is 23.4 Å². The highest BCUT2D eigenvalue weighted by molar-refractivity contribution is 7.99. The fraction of sp³-hybridized carbons (Fsp3) is 0.316. The zero-order valence-corrected chi connectivity index (χ0v) is 14.3. The summed E-state index contributed by atoms with van der Waals surface area (Å²) in [7, 11) is 0. The number of rotatable bonds is 6. The molecule has 1 aliphatic heterocycles. The number of hydrogen-bond acceptors (Lipinski definition) is 4. The first-order valence-corrected chi connectivity index (χ1v) is 9.04. The molecule has 126 valence electrons. The van der Waals surface area contributed by atoms with E-state index in [1.807, 2.05) is 42.5 Å². The number of hydrogen-bond donors (Lipinski definition) is 2. The summed E-state index contributed by atoms with van der Waals surface area (Å²) in [6.07, 6.45) is 2.00. The Morgan fingerprint density at radius 1 is 1.17 bits per heavy atom. The standard InChI is InChI=1S/C19H22N2O2S/c22-14-15-7-6-12-21(15)13-19(23)20-17-10-4-5-11-18(17)24-16-8-2-1-3-9-16/h1-5,8-11,15,22H,6-7,12-14H2,(H,20,23)/t15-/m1/s1. The molecule has 0 radical (unpaired) electrons. The predicted octanol–water partition coefficient (Wildman–Crippen LogP) is 3.23. The number of carbonyl (C=O) groups is 1. The number of nitrogens with one attached hydrogen (secondary N) is 1. The molecule has 1 fully saturated rings. The maximum absolute atomic E-state index is 12.4. The lowest BCUT2D eigenvalue weighted by Gasteiger charge is -2.22. The smallest absolute Gasteiger partial charge is 0.238 e. The van der Waals surface area contributed by atoms with Gasteiger partial charge in [0.1, 0.15) is 0 Å². The van der Waals surface area contributed by atoms with E-state index in [9.17, 15) is 9.90 Å². The zero-order chi connectivity index (χ0) is 16.8. The number of nitrogens with zero attached hydrogens (tertiary/aromatic N) is 1. The van der Waals surface area contributed by atoms with E-state index in [0.717, 1.165) is 34.9 Å². The summed E-state index contributed by atoms with van der Waals surface area (Å²) in [4.78, 5) is 16.6. The second kappa shape index (κ2) is 8.33. The van der Waals surface area contributed by atoms with Crippen molar-refractivity contribution in [2.45, 2.75) is 28.7 Å². The van der Waals surface area contributed by atoms with Crippen molar-refractivity contribution < 1.29 is 9.90 Å². The number of para-hydroxylation sites is 1. The molecule has 0 saturated carbocycles. The van der Waals surface area contributed by atoms with Crippen LogP contribution in [-0.2, 0) is 4.79 Å². The number of carbonyl (C=O) groups excluding carboxylic acids is 1. The van der Waals surface area contributed by atoms with Gasteiger partial charge in [-0.1, -0.05) is 42.1 Å². The van der Waals surface area contributed by atoms with Gasteiger partial charge in [0, 0.05) is 15.8 Å². The molecule has 5 heteroatoms. The van der Waals surface area contributed by atoms with Crippen LogP contribution in [0.4, 0.5) is 5.69 Å². The number of amides is 1. The molecule has 1 saturated heterocycles. The van der Waals surface area contributed by atoms with Crippen molar-refractivity contribution in [3.05, 3.63) is 54.6 Å². The predicted molar refractivity (Wildman–Crippen MR) is 97.3 cm³/mol. The Kier molecular flexibility index (Phi) is 5.91. The molecule has 1 heterocycles. The summed E-state index contributed by atoms with van der Waals surface area (Å²) in [6.45, 7) is 1.32. The second-order valence-corrected chi connectivity index (χ2v) is 7.02. The fourth-order valence-electron chi connectivity index (χ4n) is 2.96. The van der Waals surface area contributed by atoms with Crippen LogP contribution in [0.5, 0.6) is 0 Å². The van der Waals surface area contributed by atoms with Gasteiger partial charge in [-0.25, -0.2) is 0 Å². The third-order valence-electron chi connectivity index (χ3n) is 4.19. The summed E-state index contributed by atoms with van der Waals surface area (Å²) < 4.78 is 0. The average Bonchev–Trinajstić information content (AvgIpc) is 3.04. The first-order chi connectivity index (χ1) is 11.8. The van der Waals surface area contributed by atoms with Gasteiger partial charge in [0.2, 0.25) is 5.91 Å². The van der Waals surface area contributed by atoms with Gasteiger partial charge in [-0.2, -0.15) is 0 Å². The Morgan fingerprint density at radius 3 is 2.71 bits per heavy atom. The van der Waals surface area contributed by atoms with Crippen LogP contribution < -0.4 is 5.32 Å². The van der Waals surface area contributed by atoms with Gasteiger partial charge in [-0.05, 0) is 43.7 Å². The van der Waals surface area contributed by atoms with Crippen molar-refractivity contribution in [1.29, 1.82) is 0 Å². The Bertz CT molecular complexity index is 678. The Morgan fingerprint density at radius 2 is 1.92 bits per heavy atom. The van der Waals surface area contributed by atoms with Crippen molar-refractivity contribution in [2.24, 2.45) is 0 Å². The number of benzene rings is 2. The molecule has 1 amide bonds. The van der Waals surface area contributed by atoms with E-state index in [1.165, 1.54) is 0 Å². The average molecular weight is 342 g/mol.